The summed E-state index contributed by atoms with van der Waals surface area (Å²) in [4.78, 5) is 50.5. The van der Waals surface area contributed by atoms with Crippen molar-refractivity contribution in [1.82, 2.24) is 10.2 Å². The van der Waals surface area contributed by atoms with Gasteiger partial charge < -0.3 is 23.9 Å². The van der Waals surface area contributed by atoms with Gasteiger partial charge in [0.25, 0.3) is 5.91 Å². The third-order valence-corrected chi connectivity index (χ3v) is 5.34. The normalized spacial score (nSPS) is 14.1. The molecule has 2 heterocycles. The summed E-state index contributed by atoms with van der Waals surface area (Å²) < 4.78 is 20.6. The molecule has 0 spiro atoms. The zero-order valence-corrected chi connectivity index (χ0v) is 19.8. The Hall–Kier alpha value is -4.57. The van der Waals surface area contributed by atoms with E-state index in [4.69, 9.17) is 25.5 Å². The van der Waals surface area contributed by atoms with Crippen molar-refractivity contribution < 1.29 is 37.8 Å². The van der Waals surface area contributed by atoms with Crippen LogP contribution in [0.15, 0.2) is 64.7 Å². The summed E-state index contributed by atoms with van der Waals surface area (Å²) in [7, 11) is 2.69. The number of amides is 3. The average Bonchev–Trinajstić information content (AvgIpc) is 3.45. The number of nitrogens with one attached hydrogen (secondary N) is 1. The molecule has 0 radical (unpaired) electrons. The first-order chi connectivity index (χ1) is 17.3. The molecule has 36 heavy (non-hydrogen) atoms. The number of nitrogens with zero attached hydrogens (tertiary/aromatic N) is 1. The van der Waals surface area contributed by atoms with Crippen LogP contribution in [0.4, 0.5) is 4.79 Å². The summed E-state index contributed by atoms with van der Waals surface area (Å²) in [5.41, 5.74) is 0.472. The fourth-order valence-corrected chi connectivity index (χ4v) is 3.51. The molecule has 1 saturated heterocycles. The Labute approximate surface area is 210 Å². The van der Waals surface area contributed by atoms with Gasteiger partial charge in [0.1, 0.15) is 23.0 Å². The number of carbonyl (C=O) groups is 4. The minimum atomic E-state index is -0.695. The molecule has 10 nitrogen and oxygen atoms in total. The SMILES string of the molecule is COC(=O)c1ccc(CN2C(=O)N/C(=C\c3cc(Cl)ccc3OC(=O)c3cccc(OC)c3)C2=O)o1. The highest BCUT2D eigenvalue weighted by molar-refractivity contribution is 6.30. The highest BCUT2D eigenvalue weighted by Gasteiger charge is 2.34. The van der Waals surface area contributed by atoms with Gasteiger partial charge in [-0.05, 0) is 54.6 Å². The topological polar surface area (TPSA) is 124 Å². The number of esters is 2. The molecular weight excluding hydrogens is 492 g/mol. The Morgan fingerprint density at radius 1 is 1.06 bits per heavy atom. The molecule has 0 unspecified atom stereocenters. The van der Waals surface area contributed by atoms with Crippen molar-refractivity contribution in [3.63, 3.8) is 0 Å². The molecule has 2 aromatic carbocycles. The number of imide groups is 1. The minimum Gasteiger partial charge on any atom is -0.497 e. The van der Waals surface area contributed by atoms with Gasteiger partial charge in [0.05, 0.1) is 26.3 Å². The number of methoxy groups -OCH3 is 2. The van der Waals surface area contributed by atoms with E-state index in [1.165, 1.54) is 56.7 Å². The molecule has 4 rings (SSSR count). The second kappa shape index (κ2) is 10.4. The fourth-order valence-electron chi connectivity index (χ4n) is 3.33. The van der Waals surface area contributed by atoms with Gasteiger partial charge in [0.15, 0.2) is 0 Å². The lowest BCUT2D eigenvalue weighted by Gasteiger charge is -2.10. The number of carbonyl (C=O) groups excluding carboxylic acids is 4. The summed E-state index contributed by atoms with van der Waals surface area (Å²) in [6.07, 6.45) is 1.35. The van der Waals surface area contributed by atoms with Gasteiger partial charge in [-0.25, -0.2) is 14.4 Å². The van der Waals surface area contributed by atoms with Gasteiger partial charge in [-0.1, -0.05) is 17.7 Å². The van der Waals surface area contributed by atoms with Crippen molar-refractivity contribution in [3.05, 3.63) is 88.0 Å². The van der Waals surface area contributed by atoms with E-state index in [1.54, 1.807) is 18.2 Å². The van der Waals surface area contributed by atoms with Crippen LogP contribution in [0, 0.1) is 0 Å². The number of ether oxygens (including phenoxy) is 3. The van der Waals surface area contributed by atoms with Gasteiger partial charge >= 0.3 is 18.0 Å². The van der Waals surface area contributed by atoms with Crippen molar-refractivity contribution in [2.24, 2.45) is 0 Å². The Balaban J connectivity index is 1.56. The number of halogens is 1. The Bertz CT molecular complexity index is 1390. The van der Waals surface area contributed by atoms with E-state index < -0.39 is 23.9 Å². The molecular formula is C25H19ClN2O8. The van der Waals surface area contributed by atoms with E-state index in [9.17, 15) is 19.2 Å². The van der Waals surface area contributed by atoms with Gasteiger partial charge in [0, 0.05) is 10.6 Å². The third-order valence-electron chi connectivity index (χ3n) is 5.10. The second-order valence-corrected chi connectivity index (χ2v) is 7.88. The monoisotopic (exact) mass is 510 g/mol. The van der Waals surface area contributed by atoms with Crippen LogP contribution in [0.2, 0.25) is 5.02 Å². The Morgan fingerprint density at radius 3 is 2.61 bits per heavy atom. The molecule has 0 saturated carbocycles. The number of urea groups is 1. The van der Waals surface area contributed by atoms with Crippen LogP contribution in [0.25, 0.3) is 6.08 Å². The van der Waals surface area contributed by atoms with Crippen LogP contribution in [0.3, 0.4) is 0 Å². The number of hydrogen-bond acceptors (Lipinski definition) is 8. The number of rotatable bonds is 7. The van der Waals surface area contributed by atoms with Crippen LogP contribution < -0.4 is 14.8 Å². The van der Waals surface area contributed by atoms with E-state index in [1.807, 2.05) is 0 Å². The highest BCUT2D eigenvalue weighted by atomic mass is 35.5. The van der Waals surface area contributed by atoms with Crippen LogP contribution in [-0.2, 0) is 16.1 Å². The van der Waals surface area contributed by atoms with E-state index in [2.05, 4.69) is 10.1 Å². The highest BCUT2D eigenvalue weighted by Crippen LogP contribution is 2.28. The van der Waals surface area contributed by atoms with Crippen molar-refractivity contribution in [1.29, 1.82) is 0 Å². The largest absolute Gasteiger partial charge is 0.497 e. The van der Waals surface area contributed by atoms with Crippen LogP contribution in [0.5, 0.6) is 11.5 Å². The van der Waals surface area contributed by atoms with Crippen LogP contribution in [-0.4, -0.2) is 43.0 Å². The predicted octanol–water partition coefficient (Wildman–Crippen LogP) is 4.04. The molecule has 1 aliphatic heterocycles. The zero-order valence-electron chi connectivity index (χ0n) is 19.1. The number of furan rings is 1. The van der Waals surface area contributed by atoms with Crippen LogP contribution in [0.1, 0.15) is 32.2 Å². The smallest absolute Gasteiger partial charge is 0.373 e. The molecule has 3 amide bonds. The minimum absolute atomic E-state index is 0.0586. The van der Waals surface area contributed by atoms with Crippen LogP contribution >= 0.6 is 11.6 Å². The lowest BCUT2D eigenvalue weighted by atomic mass is 10.1. The first-order valence-corrected chi connectivity index (χ1v) is 10.8. The maximum Gasteiger partial charge on any atom is 0.373 e. The Morgan fingerprint density at radius 2 is 1.86 bits per heavy atom. The van der Waals surface area contributed by atoms with Gasteiger partial charge in [0.2, 0.25) is 5.76 Å². The van der Waals surface area contributed by atoms with E-state index in [0.29, 0.717) is 10.8 Å². The number of hydrogen-bond donors (Lipinski definition) is 1. The number of benzene rings is 2. The van der Waals surface area contributed by atoms with E-state index in [0.717, 1.165) is 4.90 Å². The van der Waals surface area contributed by atoms with E-state index in [-0.39, 0.29) is 40.6 Å². The summed E-state index contributed by atoms with van der Waals surface area (Å²) in [5.74, 6) is -1.24. The molecule has 184 valence electrons. The first-order valence-electron chi connectivity index (χ1n) is 10.5. The lowest BCUT2D eigenvalue weighted by Crippen LogP contribution is -2.30. The van der Waals surface area contributed by atoms with Crippen molar-refractivity contribution in [2.75, 3.05) is 14.2 Å². The standard InChI is InChI=1S/C25H19ClN2O8/c1-33-17-5-3-4-14(11-17)23(30)36-20-8-6-16(26)10-15(20)12-19-22(29)28(25(32)27-19)13-18-7-9-21(35-18)24(31)34-2/h3-12H,13H2,1-2H3,(H,27,32)/b19-12-. The van der Waals surface area contributed by atoms with Gasteiger partial charge in [-0.2, -0.15) is 0 Å². The molecule has 1 aromatic heterocycles. The van der Waals surface area contributed by atoms with E-state index >= 15 is 0 Å². The third kappa shape index (κ3) is 5.23. The molecule has 0 bridgehead atoms. The molecule has 0 atom stereocenters. The molecule has 11 heteroatoms. The first kappa shape index (κ1) is 24.6. The summed E-state index contributed by atoms with van der Waals surface area (Å²) in [5, 5.41) is 2.80. The maximum atomic E-state index is 12.9. The summed E-state index contributed by atoms with van der Waals surface area (Å²) in [6.45, 7) is -0.216. The molecule has 0 aliphatic carbocycles. The van der Waals surface area contributed by atoms with Crippen molar-refractivity contribution in [2.45, 2.75) is 6.54 Å². The van der Waals surface area contributed by atoms with Gasteiger partial charge in [-0.3, -0.25) is 9.69 Å². The summed E-state index contributed by atoms with van der Waals surface area (Å²) >= 11 is 6.12. The molecule has 1 aliphatic rings. The second-order valence-electron chi connectivity index (χ2n) is 7.44. The maximum absolute atomic E-state index is 12.9. The molecule has 1 fully saturated rings. The van der Waals surface area contributed by atoms with Crippen molar-refractivity contribution >= 4 is 41.6 Å². The van der Waals surface area contributed by atoms with Crippen molar-refractivity contribution in [3.8, 4) is 11.5 Å². The summed E-state index contributed by atoms with van der Waals surface area (Å²) in [6, 6.07) is 13.1. The predicted molar refractivity (Wildman–Crippen MR) is 127 cm³/mol. The molecule has 1 N–H and O–H groups in total. The Kier molecular flexibility index (Phi) is 7.07. The quantitative estimate of drug-likeness (QED) is 0.218. The fraction of sp³-hybridized carbons (Fsp3) is 0.120. The average molecular weight is 511 g/mol. The molecule has 3 aromatic rings. The lowest BCUT2D eigenvalue weighted by molar-refractivity contribution is -0.123. The van der Waals surface area contributed by atoms with Gasteiger partial charge in [-0.15, -0.1) is 0 Å². The zero-order chi connectivity index (χ0) is 25.8.